The number of rotatable bonds is 5. The van der Waals surface area contributed by atoms with E-state index < -0.39 is 10.0 Å². The average molecular weight is 372 g/mol. The minimum Gasteiger partial charge on any atom is -0.350 e. The van der Waals surface area contributed by atoms with Crippen molar-refractivity contribution in [3.05, 3.63) is 59.7 Å². The molecule has 2 aromatic carbocycles. The number of hydrogen-bond acceptors (Lipinski definition) is 3. The van der Waals surface area contributed by atoms with Gasteiger partial charge in [-0.1, -0.05) is 25.1 Å². The van der Waals surface area contributed by atoms with E-state index in [4.69, 9.17) is 0 Å². The lowest BCUT2D eigenvalue weighted by atomic mass is 10.1. The summed E-state index contributed by atoms with van der Waals surface area (Å²) >= 11 is 0. The maximum Gasteiger partial charge on any atom is 0.264 e. The Bertz CT molecular complexity index is 910. The minimum absolute atomic E-state index is 0.102. The first-order valence-electron chi connectivity index (χ1n) is 8.88. The number of nitrogens with one attached hydrogen (secondary N) is 1. The SMILES string of the molecule is CC[C@H](C)NC(=O)c1ccc2c(c1)C[C@H](C)N2S(=O)(=O)c1ccccc1. The van der Waals surface area contributed by atoms with Crippen LogP contribution in [0.4, 0.5) is 5.69 Å². The topological polar surface area (TPSA) is 66.5 Å². The molecule has 0 saturated carbocycles. The molecule has 0 fully saturated rings. The molecule has 2 aromatic rings. The van der Waals surface area contributed by atoms with Gasteiger partial charge in [-0.25, -0.2) is 8.42 Å². The van der Waals surface area contributed by atoms with Crippen LogP contribution in [0.5, 0.6) is 0 Å². The summed E-state index contributed by atoms with van der Waals surface area (Å²) in [7, 11) is -3.62. The summed E-state index contributed by atoms with van der Waals surface area (Å²) in [5.41, 5.74) is 2.10. The summed E-state index contributed by atoms with van der Waals surface area (Å²) in [6.45, 7) is 5.86. The second kappa shape index (κ2) is 7.11. The van der Waals surface area contributed by atoms with Crippen molar-refractivity contribution in [3.63, 3.8) is 0 Å². The highest BCUT2D eigenvalue weighted by Crippen LogP contribution is 2.37. The van der Waals surface area contributed by atoms with E-state index >= 15 is 0 Å². The van der Waals surface area contributed by atoms with Crippen LogP contribution < -0.4 is 9.62 Å². The van der Waals surface area contributed by atoms with Gasteiger partial charge in [0.25, 0.3) is 15.9 Å². The van der Waals surface area contributed by atoms with Gasteiger partial charge < -0.3 is 5.32 Å². The zero-order valence-corrected chi connectivity index (χ0v) is 16.1. The van der Waals surface area contributed by atoms with E-state index in [0.717, 1.165) is 12.0 Å². The first-order chi connectivity index (χ1) is 12.3. The fraction of sp³-hybridized carbons (Fsp3) is 0.350. The number of sulfonamides is 1. The van der Waals surface area contributed by atoms with E-state index in [-0.39, 0.29) is 22.9 Å². The Balaban J connectivity index is 1.94. The molecule has 2 atom stereocenters. The normalized spacial score (nSPS) is 17.7. The highest BCUT2D eigenvalue weighted by atomic mass is 32.2. The van der Waals surface area contributed by atoms with Crippen molar-refractivity contribution in [2.24, 2.45) is 0 Å². The highest BCUT2D eigenvalue weighted by Gasteiger charge is 2.36. The van der Waals surface area contributed by atoms with Gasteiger partial charge in [0.1, 0.15) is 0 Å². The molecular weight excluding hydrogens is 348 g/mol. The number of benzene rings is 2. The maximum atomic E-state index is 13.1. The molecule has 1 amide bonds. The molecule has 0 aromatic heterocycles. The molecule has 6 heteroatoms. The van der Waals surface area contributed by atoms with E-state index in [1.54, 1.807) is 42.5 Å². The average Bonchev–Trinajstić information content (AvgIpc) is 2.97. The van der Waals surface area contributed by atoms with Gasteiger partial charge in [0.15, 0.2) is 0 Å². The summed E-state index contributed by atoms with van der Waals surface area (Å²) in [5, 5.41) is 2.94. The highest BCUT2D eigenvalue weighted by molar-refractivity contribution is 7.92. The molecule has 0 spiro atoms. The predicted molar refractivity (Wildman–Crippen MR) is 103 cm³/mol. The lowest BCUT2D eigenvalue weighted by Gasteiger charge is -2.24. The Morgan fingerprint density at radius 1 is 1.23 bits per heavy atom. The predicted octanol–water partition coefficient (Wildman–Crippen LogP) is 3.35. The fourth-order valence-electron chi connectivity index (χ4n) is 3.23. The van der Waals surface area contributed by atoms with Gasteiger partial charge in [0.2, 0.25) is 0 Å². The van der Waals surface area contributed by atoms with Crippen LogP contribution in [0.3, 0.4) is 0 Å². The number of hydrogen-bond donors (Lipinski definition) is 1. The Labute approximate surface area is 155 Å². The van der Waals surface area contributed by atoms with Gasteiger partial charge >= 0.3 is 0 Å². The maximum absolute atomic E-state index is 13.1. The van der Waals surface area contributed by atoms with E-state index in [2.05, 4.69) is 5.32 Å². The number of fused-ring (bicyclic) bond motifs is 1. The van der Waals surface area contributed by atoms with Crippen LogP contribution in [0.25, 0.3) is 0 Å². The van der Waals surface area contributed by atoms with Crippen molar-refractivity contribution in [2.75, 3.05) is 4.31 Å². The number of carbonyl (C=O) groups is 1. The monoisotopic (exact) mass is 372 g/mol. The van der Waals surface area contributed by atoms with E-state index in [1.807, 2.05) is 26.8 Å². The summed E-state index contributed by atoms with van der Waals surface area (Å²) < 4.78 is 27.6. The Morgan fingerprint density at radius 2 is 1.92 bits per heavy atom. The Morgan fingerprint density at radius 3 is 2.58 bits per heavy atom. The molecule has 0 radical (unpaired) electrons. The molecule has 0 bridgehead atoms. The summed E-state index contributed by atoms with van der Waals surface area (Å²) in [4.78, 5) is 12.6. The van der Waals surface area contributed by atoms with Crippen molar-refractivity contribution < 1.29 is 13.2 Å². The first kappa shape index (κ1) is 18.5. The third kappa shape index (κ3) is 3.33. The van der Waals surface area contributed by atoms with Crippen molar-refractivity contribution >= 4 is 21.6 Å². The van der Waals surface area contributed by atoms with Gasteiger partial charge in [-0.3, -0.25) is 9.10 Å². The Kier molecular flexibility index (Phi) is 5.05. The van der Waals surface area contributed by atoms with Crippen LogP contribution in [-0.4, -0.2) is 26.4 Å². The molecule has 1 N–H and O–H groups in total. The number of anilines is 1. The molecule has 3 rings (SSSR count). The summed E-state index contributed by atoms with van der Waals surface area (Å²) in [6.07, 6.45) is 1.45. The Hall–Kier alpha value is -2.34. The zero-order chi connectivity index (χ0) is 18.9. The second-order valence-electron chi connectivity index (χ2n) is 6.79. The van der Waals surface area contributed by atoms with Crippen LogP contribution in [0.2, 0.25) is 0 Å². The smallest absolute Gasteiger partial charge is 0.264 e. The first-order valence-corrected chi connectivity index (χ1v) is 10.3. The number of amides is 1. The molecule has 26 heavy (non-hydrogen) atoms. The van der Waals surface area contributed by atoms with Crippen molar-refractivity contribution in [3.8, 4) is 0 Å². The number of nitrogens with zero attached hydrogens (tertiary/aromatic N) is 1. The van der Waals surface area contributed by atoms with Gasteiger partial charge in [-0.2, -0.15) is 0 Å². The molecule has 0 aliphatic carbocycles. The molecule has 1 aliphatic rings. The lowest BCUT2D eigenvalue weighted by Crippen LogP contribution is -2.35. The van der Waals surface area contributed by atoms with E-state index in [1.165, 1.54) is 4.31 Å². The quantitative estimate of drug-likeness (QED) is 0.875. The molecular formula is C20H24N2O3S. The lowest BCUT2D eigenvalue weighted by molar-refractivity contribution is 0.0939. The van der Waals surface area contributed by atoms with Gasteiger partial charge in [-0.15, -0.1) is 0 Å². The van der Waals surface area contributed by atoms with Gasteiger partial charge in [-0.05, 0) is 62.6 Å². The third-order valence-electron chi connectivity index (χ3n) is 4.78. The molecule has 0 unspecified atom stereocenters. The molecule has 0 saturated heterocycles. The van der Waals surface area contributed by atoms with Crippen LogP contribution in [0, 0.1) is 0 Å². The minimum atomic E-state index is -3.62. The summed E-state index contributed by atoms with van der Waals surface area (Å²) in [5.74, 6) is -0.126. The van der Waals surface area contributed by atoms with Crippen LogP contribution in [0.1, 0.15) is 43.1 Å². The summed E-state index contributed by atoms with van der Waals surface area (Å²) in [6, 6.07) is 13.6. The van der Waals surface area contributed by atoms with Crippen molar-refractivity contribution in [2.45, 2.75) is 50.6 Å². The van der Waals surface area contributed by atoms with Crippen LogP contribution in [0.15, 0.2) is 53.4 Å². The standard InChI is InChI=1S/C20H24N2O3S/c1-4-14(2)21-20(23)16-10-11-19-17(13-16)12-15(3)22(19)26(24,25)18-8-6-5-7-9-18/h5-11,13-15H,4,12H2,1-3H3,(H,21,23)/t14-,15-/m0/s1. The molecule has 5 nitrogen and oxygen atoms in total. The second-order valence-corrected chi connectivity index (χ2v) is 8.61. The third-order valence-corrected chi connectivity index (χ3v) is 6.73. The zero-order valence-electron chi connectivity index (χ0n) is 15.3. The van der Waals surface area contributed by atoms with Crippen molar-refractivity contribution in [1.82, 2.24) is 5.32 Å². The van der Waals surface area contributed by atoms with Crippen molar-refractivity contribution in [1.29, 1.82) is 0 Å². The van der Waals surface area contributed by atoms with Gasteiger partial charge in [0.05, 0.1) is 10.6 Å². The molecule has 1 aliphatic heterocycles. The largest absolute Gasteiger partial charge is 0.350 e. The fourth-order valence-corrected chi connectivity index (χ4v) is 4.94. The van der Waals surface area contributed by atoms with E-state index in [0.29, 0.717) is 17.7 Å². The number of carbonyl (C=O) groups excluding carboxylic acids is 1. The van der Waals surface area contributed by atoms with Crippen LogP contribution in [-0.2, 0) is 16.4 Å². The van der Waals surface area contributed by atoms with Crippen LogP contribution >= 0.6 is 0 Å². The molecule has 1 heterocycles. The molecule has 138 valence electrons. The van der Waals surface area contributed by atoms with E-state index in [9.17, 15) is 13.2 Å². The van der Waals surface area contributed by atoms with Gasteiger partial charge in [0, 0.05) is 17.6 Å².